The maximum absolute atomic E-state index is 12.8. The van der Waals surface area contributed by atoms with Gasteiger partial charge in [0, 0.05) is 38.4 Å². The normalized spacial score (nSPS) is 32.5. The van der Waals surface area contributed by atoms with Crippen LogP contribution in [0, 0.1) is 11.8 Å². The summed E-state index contributed by atoms with van der Waals surface area (Å²) >= 11 is 5.92. The number of hydrogen-bond acceptors (Lipinski definition) is 5. The second-order valence-electron chi connectivity index (χ2n) is 7.55. The number of H-pyrrole nitrogens is 1. The molecule has 26 heavy (non-hydrogen) atoms. The van der Waals surface area contributed by atoms with Crippen molar-refractivity contribution in [2.45, 2.75) is 25.0 Å². The molecule has 3 aliphatic rings. The third-order valence-corrected chi connectivity index (χ3v) is 6.23. The van der Waals surface area contributed by atoms with Gasteiger partial charge in [-0.15, -0.1) is 0 Å². The molecule has 4 atom stereocenters. The first-order valence-electron chi connectivity index (χ1n) is 9.20. The van der Waals surface area contributed by atoms with Gasteiger partial charge in [0.05, 0.1) is 24.3 Å². The van der Waals surface area contributed by atoms with Crippen LogP contribution in [0.25, 0.3) is 0 Å². The minimum absolute atomic E-state index is 0.0847. The number of aliphatic hydroxyl groups excluding tert-OH is 1. The second kappa shape index (κ2) is 7.31. The van der Waals surface area contributed by atoms with E-state index in [0.29, 0.717) is 43.7 Å². The van der Waals surface area contributed by atoms with Crippen molar-refractivity contribution in [3.63, 3.8) is 0 Å². The number of morpholine rings is 1. The Hall–Kier alpha value is -1.41. The van der Waals surface area contributed by atoms with Gasteiger partial charge in [0.25, 0.3) is 11.5 Å². The maximum Gasteiger partial charge on any atom is 0.260 e. The molecule has 0 radical (unpaired) electrons. The summed E-state index contributed by atoms with van der Waals surface area (Å²) in [5.41, 5.74) is -0.332. The monoisotopic (exact) mass is 381 g/mol. The fraction of sp³-hybridized carbons (Fsp3) is 0.667. The van der Waals surface area contributed by atoms with Crippen LogP contribution in [0.1, 0.15) is 23.2 Å². The molecule has 142 valence electrons. The van der Waals surface area contributed by atoms with E-state index < -0.39 is 5.56 Å². The molecule has 0 spiro atoms. The molecule has 8 heteroatoms. The molecule has 4 rings (SSSR count). The number of carbonyl (C=O) groups is 1. The third kappa shape index (κ3) is 3.41. The molecular formula is C18H24ClN3O4. The maximum atomic E-state index is 12.8. The second-order valence-corrected chi connectivity index (χ2v) is 7.98. The Morgan fingerprint density at radius 3 is 2.65 bits per heavy atom. The van der Waals surface area contributed by atoms with E-state index in [1.165, 1.54) is 12.3 Å². The number of nitrogens with one attached hydrogen (secondary N) is 1. The number of rotatable bonds is 2. The Balaban J connectivity index is 1.46. The van der Waals surface area contributed by atoms with Gasteiger partial charge < -0.3 is 19.7 Å². The number of aliphatic hydroxyl groups is 1. The molecule has 1 amide bonds. The van der Waals surface area contributed by atoms with Gasteiger partial charge in [0.2, 0.25) is 0 Å². The lowest BCUT2D eigenvalue weighted by Gasteiger charge is -2.43. The molecule has 0 aromatic carbocycles. The number of hydrogen-bond donors (Lipinski definition) is 2. The highest BCUT2D eigenvalue weighted by Gasteiger charge is 2.45. The first-order chi connectivity index (χ1) is 12.5. The summed E-state index contributed by atoms with van der Waals surface area (Å²) in [6.45, 7) is 4.32. The van der Waals surface area contributed by atoms with Gasteiger partial charge in [0.1, 0.15) is 5.56 Å². The van der Waals surface area contributed by atoms with E-state index in [0.717, 1.165) is 19.5 Å². The molecule has 2 saturated heterocycles. The number of likely N-dealkylation sites (tertiary alicyclic amines) is 1. The number of amides is 1. The number of aromatic amines is 1. The van der Waals surface area contributed by atoms with Crippen molar-refractivity contribution in [3.05, 3.63) is 33.2 Å². The largest absolute Gasteiger partial charge is 0.391 e. The zero-order valence-corrected chi connectivity index (χ0v) is 15.3. The Kier molecular flexibility index (Phi) is 5.05. The van der Waals surface area contributed by atoms with E-state index in [4.69, 9.17) is 16.3 Å². The summed E-state index contributed by atoms with van der Waals surface area (Å²) in [6, 6.07) is 1.56. The molecule has 2 N–H and O–H groups in total. The molecule has 3 heterocycles. The Labute approximate surface area is 156 Å². The van der Waals surface area contributed by atoms with E-state index in [1.807, 2.05) is 0 Å². The first-order valence-corrected chi connectivity index (χ1v) is 9.58. The number of nitrogens with zero attached hydrogens (tertiary/aromatic N) is 2. The topological polar surface area (TPSA) is 85.9 Å². The quantitative estimate of drug-likeness (QED) is 0.782. The van der Waals surface area contributed by atoms with Crippen LogP contribution < -0.4 is 5.56 Å². The molecule has 0 unspecified atom stereocenters. The van der Waals surface area contributed by atoms with Crippen molar-refractivity contribution in [1.29, 1.82) is 0 Å². The van der Waals surface area contributed by atoms with E-state index in [1.54, 1.807) is 4.90 Å². The molecular weight excluding hydrogens is 358 g/mol. The number of carbonyl (C=O) groups excluding carboxylic acids is 1. The van der Waals surface area contributed by atoms with Crippen LogP contribution in [0.5, 0.6) is 0 Å². The van der Waals surface area contributed by atoms with Gasteiger partial charge >= 0.3 is 0 Å². The van der Waals surface area contributed by atoms with Crippen LogP contribution in [0.3, 0.4) is 0 Å². The third-order valence-electron chi connectivity index (χ3n) is 6.01. The summed E-state index contributed by atoms with van der Waals surface area (Å²) in [5, 5.41) is 11.0. The predicted octanol–water partition coefficient (Wildman–Crippen LogP) is 0.572. The fourth-order valence-corrected chi connectivity index (χ4v) is 4.82. The van der Waals surface area contributed by atoms with Crippen LogP contribution in [-0.4, -0.2) is 77.3 Å². The van der Waals surface area contributed by atoms with Gasteiger partial charge in [-0.2, -0.15) is 0 Å². The standard InChI is InChI=1S/C18H24ClN3O4/c19-13-7-14(17(24)20-8-13)18(25)22-9-11-5-15(16(23)6-12(11)10-22)21-1-3-26-4-2-21/h7-8,11-12,15-16,23H,1-6,9-10H2,(H,20,24)/t11-,12+,15-,16-/m1/s1. The van der Waals surface area contributed by atoms with Crippen LogP contribution >= 0.6 is 11.6 Å². The van der Waals surface area contributed by atoms with Crippen LogP contribution in [0.4, 0.5) is 0 Å². The molecule has 1 aliphatic carbocycles. The summed E-state index contributed by atoms with van der Waals surface area (Å²) in [5.74, 6) is 0.360. The highest BCUT2D eigenvalue weighted by molar-refractivity contribution is 6.30. The Bertz CT molecular complexity index is 733. The Morgan fingerprint density at radius 2 is 1.92 bits per heavy atom. The lowest BCUT2D eigenvalue weighted by molar-refractivity contribution is -0.0520. The molecule has 0 bridgehead atoms. The highest BCUT2D eigenvalue weighted by atomic mass is 35.5. The van der Waals surface area contributed by atoms with Gasteiger partial charge in [-0.05, 0) is 30.7 Å². The van der Waals surface area contributed by atoms with Crippen molar-refractivity contribution in [2.75, 3.05) is 39.4 Å². The van der Waals surface area contributed by atoms with E-state index in [2.05, 4.69) is 9.88 Å². The van der Waals surface area contributed by atoms with Gasteiger partial charge in [-0.1, -0.05) is 11.6 Å². The molecule has 7 nitrogen and oxygen atoms in total. The highest BCUT2D eigenvalue weighted by Crippen LogP contribution is 2.38. The van der Waals surface area contributed by atoms with Crippen molar-refractivity contribution < 1.29 is 14.6 Å². The Morgan fingerprint density at radius 1 is 1.23 bits per heavy atom. The van der Waals surface area contributed by atoms with Gasteiger partial charge in [0.15, 0.2) is 0 Å². The number of halogens is 1. The van der Waals surface area contributed by atoms with Crippen molar-refractivity contribution in [3.8, 4) is 0 Å². The van der Waals surface area contributed by atoms with Gasteiger partial charge in [-0.3, -0.25) is 14.5 Å². The molecule has 1 aromatic heterocycles. The summed E-state index contributed by atoms with van der Waals surface area (Å²) < 4.78 is 5.41. The van der Waals surface area contributed by atoms with Gasteiger partial charge in [-0.25, -0.2) is 0 Å². The van der Waals surface area contributed by atoms with E-state index >= 15 is 0 Å². The smallest absolute Gasteiger partial charge is 0.260 e. The van der Waals surface area contributed by atoms with E-state index in [-0.39, 0.29) is 29.5 Å². The zero-order valence-electron chi connectivity index (χ0n) is 14.6. The summed E-state index contributed by atoms with van der Waals surface area (Å²) in [6.07, 6.45) is 2.58. The van der Waals surface area contributed by atoms with Crippen LogP contribution in [0.15, 0.2) is 17.1 Å². The SMILES string of the molecule is O=C(c1cc(Cl)c[nH]c1=O)N1C[C@H]2C[C@@H](N3CCOCC3)[C@H](O)C[C@H]2C1. The fourth-order valence-electron chi connectivity index (χ4n) is 4.66. The number of pyridine rings is 1. The average molecular weight is 382 g/mol. The minimum atomic E-state index is -0.416. The van der Waals surface area contributed by atoms with Crippen LogP contribution in [-0.2, 0) is 4.74 Å². The first kappa shape index (κ1) is 18.0. The molecule has 1 aromatic rings. The number of fused-ring (bicyclic) bond motifs is 1. The predicted molar refractivity (Wildman–Crippen MR) is 96.4 cm³/mol. The molecule has 2 aliphatic heterocycles. The zero-order chi connectivity index (χ0) is 18.3. The molecule has 1 saturated carbocycles. The van der Waals surface area contributed by atoms with Crippen LogP contribution in [0.2, 0.25) is 5.02 Å². The van der Waals surface area contributed by atoms with Crippen molar-refractivity contribution >= 4 is 17.5 Å². The summed E-state index contributed by atoms with van der Waals surface area (Å²) in [7, 11) is 0. The lowest BCUT2D eigenvalue weighted by Crippen LogP contribution is -2.53. The number of ether oxygens (including phenoxy) is 1. The van der Waals surface area contributed by atoms with Crippen molar-refractivity contribution in [2.24, 2.45) is 11.8 Å². The number of aromatic nitrogens is 1. The summed E-state index contributed by atoms with van der Waals surface area (Å²) in [4.78, 5) is 31.3. The molecule has 3 fully saturated rings. The minimum Gasteiger partial charge on any atom is -0.391 e. The van der Waals surface area contributed by atoms with E-state index in [9.17, 15) is 14.7 Å². The van der Waals surface area contributed by atoms with Crippen molar-refractivity contribution in [1.82, 2.24) is 14.8 Å². The average Bonchev–Trinajstić information content (AvgIpc) is 3.06. The lowest BCUT2D eigenvalue weighted by atomic mass is 9.77.